The van der Waals surface area contributed by atoms with E-state index in [4.69, 9.17) is 16.3 Å². The zero-order chi connectivity index (χ0) is 14.5. The quantitative estimate of drug-likeness (QED) is 0.910. The molecule has 0 unspecified atom stereocenters. The summed E-state index contributed by atoms with van der Waals surface area (Å²) in [5.74, 6) is 0.234. The van der Waals surface area contributed by atoms with Gasteiger partial charge in [0.15, 0.2) is 0 Å². The molecule has 1 aromatic heterocycles. The molecule has 0 saturated heterocycles. The van der Waals surface area contributed by atoms with Crippen LogP contribution in [0.3, 0.4) is 0 Å². The minimum absolute atomic E-state index is 0.259. The molecule has 2 rings (SSSR count). The first-order valence-electron chi connectivity index (χ1n) is 6.02. The highest BCUT2D eigenvalue weighted by Gasteiger charge is 2.08. The summed E-state index contributed by atoms with van der Waals surface area (Å²) in [6.45, 7) is 2.38. The number of hydrogen-bond donors (Lipinski definition) is 2. The number of aromatic amines is 1. The van der Waals surface area contributed by atoms with Crippen molar-refractivity contribution in [1.29, 1.82) is 0 Å². The van der Waals surface area contributed by atoms with E-state index in [1.807, 2.05) is 6.92 Å². The average molecular weight is 293 g/mol. The van der Waals surface area contributed by atoms with Gasteiger partial charge >= 0.3 is 0 Å². The molecule has 2 N–H and O–H groups in total. The molecule has 0 aliphatic rings. The molecule has 0 aliphatic heterocycles. The third-order valence-corrected chi connectivity index (χ3v) is 2.83. The molecule has 1 aromatic carbocycles. The monoisotopic (exact) mass is 292 g/mol. The van der Waals surface area contributed by atoms with Gasteiger partial charge in [0.05, 0.1) is 17.2 Å². The highest BCUT2D eigenvalue weighted by atomic mass is 35.5. The van der Waals surface area contributed by atoms with E-state index in [2.05, 4.69) is 10.3 Å². The third-order valence-electron chi connectivity index (χ3n) is 2.54. The number of halogens is 1. The molecule has 2 aromatic rings. The van der Waals surface area contributed by atoms with E-state index in [-0.39, 0.29) is 11.5 Å². The molecular weight excluding hydrogens is 280 g/mol. The predicted octanol–water partition coefficient (Wildman–Crippen LogP) is 2.68. The van der Waals surface area contributed by atoms with Gasteiger partial charge in [0.25, 0.3) is 5.91 Å². The zero-order valence-corrected chi connectivity index (χ0v) is 11.5. The second-order valence-corrected chi connectivity index (χ2v) is 4.38. The molecule has 1 heterocycles. The Kier molecular flexibility index (Phi) is 4.42. The molecular formula is C14H13ClN2O3. The van der Waals surface area contributed by atoms with Gasteiger partial charge in [0.2, 0.25) is 5.56 Å². The number of anilines is 1. The Morgan fingerprint density at radius 3 is 2.75 bits per heavy atom. The van der Waals surface area contributed by atoms with Crippen molar-refractivity contribution in [3.63, 3.8) is 0 Å². The molecule has 0 atom stereocenters. The maximum absolute atomic E-state index is 11.9. The topological polar surface area (TPSA) is 71.2 Å². The van der Waals surface area contributed by atoms with Crippen LogP contribution in [0.25, 0.3) is 0 Å². The van der Waals surface area contributed by atoms with E-state index in [1.54, 1.807) is 18.2 Å². The van der Waals surface area contributed by atoms with Crippen molar-refractivity contribution in [3.8, 4) is 5.75 Å². The Morgan fingerprint density at radius 1 is 1.35 bits per heavy atom. The molecule has 0 radical (unpaired) electrons. The number of hydrogen-bond acceptors (Lipinski definition) is 3. The van der Waals surface area contributed by atoms with Crippen molar-refractivity contribution in [1.82, 2.24) is 4.98 Å². The Labute approximate surface area is 120 Å². The van der Waals surface area contributed by atoms with Crippen molar-refractivity contribution in [2.24, 2.45) is 0 Å². The lowest BCUT2D eigenvalue weighted by atomic mass is 10.2. The van der Waals surface area contributed by atoms with Crippen LogP contribution in [0.5, 0.6) is 5.75 Å². The number of nitrogens with one attached hydrogen (secondary N) is 2. The predicted molar refractivity (Wildman–Crippen MR) is 77.6 cm³/mol. The average Bonchev–Trinajstić information content (AvgIpc) is 2.42. The van der Waals surface area contributed by atoms with Crippen LogP contribution < -0.4 is 15.6 Å². The third kappa shape index (κ3) is 3.39. The fourth-order valence-corrected chi connectivity index (χ4v) is 1.84. The van der Waals surface area contributed by atoms with Gasteiger partial charge in [-0.05, 0) is 31.2 Å². The first-order valence-corrected chi connectivity index (χ1v) is 6.40. The van der Waals surface area contributed by atoms with Gasteiger partial charge in [-0.3, -0.25) is 9.59 Å². The summed E-state index contributed by atoms with van der Waals surface area (Å²) in [6.07, 6.45) is 1.35. The second kappa shape index (κ2) is 6.25. The van der Waals surface area contributed by atoms with Gasteiger partial charge < -0.3 is 15.0 Å². The summed E-state index contributed by atoms with van der Waals surface area (Å²) in [5.41, 5.74) is 0.648. The zero-order valence-electron chi connectivity index (χ0n) is 10.8. The maximum atomic E-state index is 11.9. The Hall–Kier alpha value is -2.27. The maximum Gasteiger partial charge on any atom is 0.257 e. The van der Waals surface area contributed by atoms with Crippen molar-refractivity contribution in [2.45, 2.75) is 6.92 Å². The van der Waals surface area contributed by atoms with Gasteiger partial charge in [-0.15, -0.1) is 0 Å². The minimum atomic E-state index is -0.332. The highest BCUT2D eigenvalue weighted by Crippen LogP contribution is 2.27. The molecule has 0 aliphatic carbocycles. The summed E-state index contributed by atoms with van der Waals surface area (Å²) in [7, 11) is 0. The largest absolute Gasteiger partial charge is 0.492 e. The normalized spacial score (nSPS) is 10.1. The van der Waals surface area contributed by atoms with E-state index in [0.29, 0.717) is 28.6 Å². The number of ether oxygens (including phenoxy) is 1. The molecule has 0 fully saturated rings. The lowest BCUT2D eigenvalue weighted by Gasteiger charge is -2.09. The molecule has 104 valence electrons. The number of rotatable bonds is 4. The van der Waals surface area contributed by atoms with Gasteiger partial charge in [0.1, 0.15) is 5.75 Å². The first-order chi connectivity index (χ1) is 9.60. The van der Waals surface area contributed by atoms with Gasteiger partial charge in [-0.25, -0.2) is 0 Å². The number of benzene rings is 1. The van der Waals surface area contributed by atoms with Crippen LogP contribution in [-0.4, -0.2) is 17.5 Å². The van der Waals surface area contributed by atoms with Crippen LogP contribution in [0.2, 0.25) is 5.02 Å². The number of carbonyl (C=O) groups is 1. The molecule has 0 saturated carbocycles. The van der Waals surface area contributed by atoms with Crippen molar-refractivity contribution in [3.05, 3.63) is 57.5 Å². The molecule has 6 heteroatoms. The Morgan fingerprint density at radius 2 is 2.15 bits per heavy atom. The number of H-pyrrole nitrogens is 1. The van der Waals surface area contributed by atoms with Gasteiger partial charge in [-0.1, -0.05) is 11.6 Å². The van der Waals surface area contributed by atoms with Crippen molar-refractivity contribution < 1.29 is 9.53 Å². The standard InChI is InChI=1S/C14H13ClN2O3/c1-2-20-12-5-4-10(7-11(12)15)17-14(19)9-3-6-13(18)16-8-9/h3-8H,2H2,1H3,(H,16,18)(H,17,19). The summed E-state index contributed by atoms with van der Waals surface area (Å²) in [6, 6.07) is 7.73. The smallest absolute Gasteiger partial charge is 0.257 e. The lowest BCUT2D eigenvalue weighted by molar-refractivity contribution is 0.102. The first kappa shape index (κ1) is 14.1. The fourth-order valence-electron chi connectivity index (χ4n) is 1.61. The highest BCUT2D eigenvalue weighted by molar-refractivity contribution is 6.32. The van der Waals surface area contributed by atoms with Crippen molar-refractivity contribution >= 4 is 23.2 Å². The molecule has 0 spiro atoms. The van der Waals surface area contributed by atoms with Crippen LogP contribution in [0, 0.1) is 0 Å². The lowest BCUT2D eigenvalue weighted by Crippen LogP contribution is -2.14. The Balaban J connectivity index is 2.13. The summed E-state index contributed by atoms with van der Waals surface area (Å²) >= 11 is 6.03. The fraction of sp³-hybridized carbons (Fsp3) is 0.143. The van der Waals surface area contributed by atoms with Crippen LogP contribution in [-0.2, 0) is 0 Å². The minimum Gasteiger partial charge on any atom is -0.492 e. The van der Waals surface area contributed by atoms with E-state index in [1.165, 1.54) is 18.3 Å². The number of amides is 1. The van der Waals surface area contributed by atoms with Crippen LogP contribution >= 0.6 is 11.6 Å². The second-order valence-electron chi connectivity index (χ2n) is 3.97. The number of aromatic nitrogens is 1. The molecule has 1 amide bonds. The number of carbonyl (C=O) groups excluding carboxylic acids is 1. The number of pyridine rings is 1. The van der Waals surface area contributed by atoms with Crippen LogP contribution in [0.4, 0.5) is 5.69 Å². The SMILES string of the molecule is CCOc1ccc(NC(=O)c2ccc(=O)[nH]c2)cc1Cl. The summed E-state index contributed by atoms with van der Waals surface area (Å²) < 4.78 is 5.31. The van der Waals surface area contributed by atoms with Gasteiger partial charge in [0, 0.05) is 18.0 Å². The van der Waals surface area contributed by atoms with E-state index in [9.17, 15) is 9.59 Å². The summed E-state index contributed by atoms with van der Waals surface area (Å²) in [5, 5.41) is 3.11. The van der Waals surface area contributed by atoms with Crippen LogP contribution in [0.1, 0.15) is 17.3 Å². The summed E-state index contributed by atoms with van der Waals surface area (Å²) in [4.78, 5) is 25.3. The molecule has 5 nitrogen and oxygen atoms in total. The molecule has 20 heavy (non-hydrogen) atoms. The van der Waals surface area contributed by atoms with Crippen molar-refractivity contribution in [2.75, 3.05) is 11.9 Å². The van der Waals surface area contributed by atoms with Crippen LogP contribution in [0.15, 0.2) is 41.3 Å². The van der Waals surface area contributed by atoms with E-state index in [0.717, 1.165) is 0 Å². The van der Waals surface area contributed by atoms with Gasteiger partial charge in [-0.2, -0.15) is 0 Å². The Bertz CT molecular complexity index is 662. The van der Waals surface area contributed by atoms with E-state index >= 15 is 0 Å². The van der Waals surface area contributed by atoms with E-state index < -0.39 is 0 Å². The molecule has 0 bridgehead atoms.